The van der Waals surface area contributed by atoms with E-state index in [0.29, 0.717) is 34.6 Å². The predicted octanol–water partition coefficient (Wildman–Crippen LogP) is 4.27. The third-order valence-corrected chi connectivity index (χ3v) is 3.63. The number of ether oxygens (including phenoxy) is 2. The number of benzene rings is 2. The van der Waals surface area contributed by atoms with Crippen molar-refractivity contribution in [2.24, 2.45) is 0 Å². The molecular weight excluding hydrogens is 311 g/mol. The van der Waals surface area contributed by atoms with Crippen LogP contribution < -0.4 is 9.47 Å². The van der Waals surface area contributed by atoms with E-state index in [4.69, 9.17) is 32.7 Å². The molecule has 0 N–H and O–H groups in total. The molecule has 1 heterocycles. The van der Waals surface area contributed by atoms with Gasteiger partial charge < -0.3 is 9.47 Å². The number of alkyl halides is 1. The first kappa shape index (κ1) is 14.2. The summed E-state index contributed by atoms with van der Waals surface area (Å²) in [6.07, 6.45) is -0.624. The number of hydrogen-bond donors (Lipinski definition) is 0. The normalized spacial score (nSPS) is 16.5. The zero-order chi connectivity index (χ0) is 14.8. The van der Waals surface area contributed by atoms with Crippen molar-refractivity contribution < 1.29 is 14.3 Å². The Balaban J connectivity index is 1.85. The Morgan fingerprint density at radius 3 is 2.62 bits per heavy atom. The van der Waals surface area contributed by atoms with Crippen LogP contribution in [0.3, 0.4) is 0 Å². The highest BCUT2D eigenvalue weighted by atomic mass is 35.5. The Morgan fingerprint density at radius 1 is 1.14 bits per heavy atom. The SMILES string of the molecule is O=C1c2ccc(OCCCl)cc2OC1c1ccc(Cl)cc1. The van der Waals surface area contributed by atoms with Crippen LogP contribution in [0.5, 0.6) is 11.5 Å². The fraction of sp³-hybridized carbons (Fsp3) is 0.188. The monoisotopic (exact) mass is 322 g/mol. The van der Waals surface area contributed by atoms with E-state index in [0.717, 1.165) is 5.56 Å². The molecule has 21 heavy (non-hydrogen) atoms. The maximum absolute atomic E-state index is 12.4. The van der Waals surface area contributed by atoms with Crippen molar-refractivity contribution in [1.82, 2.24) is 0 Å². The van der Waals surface area contributed by atoms with Crippen LogP contribution in [0.4, 0.5) is 0 Å². The smallest absolute Gasteiger partial charge is 0.211 e. The Kier molecular flexibility index (Phi) is 4.04. The van der Waals surface area contributed by atoms with Crippen LogP contribution >= 0.6 is 23.2 Å². The molecule has 0 spiro atoms. The first-order valence-corrected chi connectivity index (χ1v) is 7.39. The Hall–Kier alpha value is -1.71. The lowest BCUT2D eigenvalue weighted by molar-refractivity contribution is 0.0858. The van der Waals surface area contributed by atoms with E-state index >= 15 is 0 Å². The zero-order valence-electron chi connectivity index (χ0n) is 11.0. The van der Waals surface area contributed by atoms with E-state index in [1.54, 1.807) is 42.5 Å². The maximum Gasteiger partial charge on any atom is 0.211 e. The molecule has 108 valence electrons. The molecule has 0 bridgehead atoms. The molecular formula is C16H12Cl2O3. The third-order valence-electron chi connectivity index (χ3n) is 3.22. The fourth-order valence-corrected chi connectivity index (χ4v) is 2.43. The topological polar surface area (TPSA) is 35.5 Å². The minimum atomic E-state index is -0.624. The van der Waals surface area contributed by atoms with Crippen molar-refractivity contribution in [2.45, 2.75) is 6.10 Å². The van der Waals surface area contributed by atoms with E-state index in [2.05, 4.69) is 0 Å². The first-order valence-electron chi connectivity index (χ1n) is 6.48. The molecule has 1 aliphatic heterocycles. The predicted molar refractivity (Wildman–Crippen MR) is 81.8 cm³/mol. The number of carbonyl (C=O) groups is 1. The van der Waals surface area contributed by atoms with Gasteiger partial charge in [0.25, 0.3) is 0 Å². The molecule has 0 aromatic heterocycles. The van der Waals surface area contributed by atoms with Gasteiger partial charge in [0.2, 0.25) is 5.78 Å². The van der Waals surface area contributed by atoms with Gasteiger partial charge in [0, 0.05) is 16.7 Å². The van der Waals surface area contributed by atoms with Gasteiger partial charge in [-0.3, -0.25) is 4.79 Å². The minimum absolute atomic E-state index is 0.0591. The highest BCUT2D eigenvalue weighted by molar-refractivity contribution is 6.30. The third kappa shape index (κ3) is 2.85. The lowest BCUT2D eigenvalue weighted by Gasteiger charge is -2.10. The summed E-state index contributed by atoms with van der Waals surface area (Å²) < 4.78 is 11.2. The molecule has 5 heteroatoms. The van der Waals surface area contributed by atoms with Gasteiger partial charge in [-0.1, -0.05) is 23.7 Å². The second-order valence-corrected chi connectivity index (χ2v) is 5.42. The lowest BCUT2D eigenvalue weighted by Crippen LogP contribution is -2.10. The summed E-state index contributed by atoms with van der Waals surface area (Å²) in [5, 5.41) is 0.624. The number of hydrogen-bond acceptors (Lipinski definition) is 3. The average molecular weight is 323 g/mol. The van der Waals surface area contributed by atoms with Crippen LogP contribution in [0.25, 0.3) is 0 Å². The largest absolute Gasteiger partial charge is 0.492 e. The van der Waals surface area contributed by atoms with Gasteiger partial charge in [0.15, 0.2) is 6.10 Å². The number of rotatable bonds is 4. The molecule has 0 radical (unpaired) electrons. The van der Waals surface area contributed by atoms with Crippen LogP contribution in [0.2, 0.25) is 5.02 Å². The molecule has 0 saturated heterocycles. The summed E-state index contributed by atoms with van der Waals surface area (Å²) in [6, 6.07) is 12.3. The van der Waals surface area contributed by atoms with E-state index in [-0.39, 0.29) is 5.78 Å². The molecule has 3 rings (SSSR count). The van der Waals surface area contributed by atoms with Gasteiger partial charge in [0.05, 0.1) is 11.4 Å². The molecule has 0 fully saturated rings. The molecule has 2 aromatic rings. The van der Waals surface area contributed by atoms with Crippen molar-refractivity contribution >= 4 is 29.0 Å². The van der Waals surface area contributed by atoms with E-state index < -0.39 is 6.10 Å². The molecule has 1 atom stereocenters. The summed E-state index contributed by atoms with van der Waals surface area (Å²) in [5.41, 5.74) is 1.34. The van der Waals surface area contributed by atoms with Crippen LogP contribution in [0.1, 0.15) is 22.0 Å². The van der Waals surface area contributed by atoms with Gasteiger partial charge >= 0.3 is 0 Å². The lowest BCUT2D eigenvalue weighted by atomic mass is 10.0. The van der Waals surface area contributed by atoms with Crippen molar-refractivity contribution in [1.29, 1.82) is 0 Å². The molecule has 0 saturated carbocycles. The summed E-state index contributed by atoms with van der Waals surface area (Å²) in [6.45, 7) is 0.412. The number of halogens is 2. The van der Waals surface area contributed by atoms with Gasteiger partial charge in [0.1, 0.15) is 18.1 Å². The Morgan fingerprint density at radius 2 is 1.90 bits per heavy atom. The summed E-state index contributed by atoms with van der Waals surface area (Å²) in [7, 11) is 0. The first-order chi connectivity index (χ1) is 10.2. The summed E-state index contributed by atoms with van der Waals surface area (Å²) in [4.78, 5) is 12.4. The van der Waals surface area contributed by atoms with Gasteiger partial charge in [-0.25, -0.2) is 0 Å². The molecule has 2 aromatic carbocycles. The van der Waals surface area contributed by atoms with Crippen LogP contribution in [-0.2, 0) is 0 Å². The average Bonchev–Trinajstić information content (AvgIpc) is 2.83. The van der Waals surface area contributed by atoms with E-state index in [1.165, 1.54) is 0 Å². The van der Waals surface area contributed by atoms with Gasteiger partial charge in [-0.05, 0) is 24.3 Å². The van der Waals surface area contributed by atoms with Crippen molar-refractivity contribution in [2.75, 3.05) is 12.5 Å². The summed E-state index contributed by atoms with van der Waals surface area (Å²) >= 11 is 11.4. The standard InChI is InChI=1S/C16H12Cl2O3/c17-7-8-20-12-5-6-13-14(9-12)21-16(15(13)19)10-1-3-11(18)4-2-10/h1-6,9,16H,7-8H2. The van der Waals surface area contributed by atoms with Crippen LogP contribution in [-0.4, -0.2) is 18.3 Å². The number of carbonyl (C=O) groups excluding carboxylic acids is 1. The maximum atomic E-state index is 12.4. The minimum Gasteiger partial charge on any atom is -0.492 e. The van der Waals surface area contributed by atoms with Gasteiger partial charge in [-0.15, -0.1) is 11.6 Å². The van der Waals surface area contributed by atoms with E-state index in [9.17, 15) is 4.79 Å². The van der Waals surface area contributed by atoms with Crippen molar-refractivity contribution in [3.8, 4) is 11.5 Å². The Bertz CT molecular complexity index is 668. The highest BCUT2D eigenvalue weighted by Crippen LogP contribution is 2.38. The second-order valence-electron chi connectivity index (χ2n) is 4.61. The van der Waals surface area contributed by atoms with E-state index in [1.807, 2.05) is 0 Å². The molecule has 3 nitrogen and oxygen atoms in total. The molecule has 0 aliphatic carbocycles. The fourth-order valence-electron chi connectivity index (χ4n) is 2.23. The molecule has 1 aliphatic rings. The molecule has 1 unspecified atom stereocenters. The number of Topliss-reactive ketones (excluding diaryl/α,β-unsaturated/α-hetero) is 1. The second kappa shape index (κ2) is 5.96. The highest BCUT2D eigenvalue weighted by Gasteiger charge is 2.33. The van der Waals surface area contributed by atoms with Crippen LogP contribution in [0.15, 0.2) is 42.5 Å². The Labute approximate surface area is 132 Å². The quantitative estimate of drug-likeness (QED) is 0.788. The van der Waals surface area contributed by atoms with Crippen molar-refractivity contribution in [3.05, 3.63) is 58.6 Å². The van der Waals surface area contributed by atoms with Crippen molar-refractivity contribution in [3.63, 3.8) is 0 Å². The molecule has 0 amide bonds. The van der Waals surface area contributed by atoms with Gasteiger partial charge in [-0.2, -0.15) is 0 Å². The number of fused-ring (bicyclic) bond motifs is 1. The zero-order valence-corrected chi connectivity index (χ0v) is 12.5. The number of ketones is 1. The summed E-state index contributed by atoms with van der Waals surface area (Å²) in [5.74, 6) is 1.52. The van der Waals surface area contributed by atoms with Crippen LogP contribution in [0, 0.1) is 0 Å².